The topological polar surface area (TPSA) is 59.5 Å². The second-order valence-electron chi connectivity index (χ2n) is 4.84. The van der Waals surface area contributed by atoms with Crippen LogP contribution in [-0.4, -0.2) is 35.4 Å². The first-order valence-corrected chi connectivity index (χ1v) is 7.45. The van der Waals surface area contributed by atoms with Crippen LogP contribution in [0.25, 0.3) is 0 Å². The van der Waals surface area contributed by atoms with E-state index in [-0.39, 0.29) is 16.9 Å². The number of amides is 1. The monoisotopic (exact) mass is 294 g/mol. The Bertz CT molecular complexity index is 533. The minimum atomic E-state index is 0.0919. The zero-order chi connectivity index (χ0) is 14.7. The van der Waals surface area contributed by atoms with E-state index in [4.69, 9.17) is 4.74 Å². The third-order valence-electron chi connectivity index (χ3n) is 3.26. The molecule has 0 aromatic carbocycles. The van der Waals surface area contributed by atoms with Crippen molar-refractivity contribution in [2.45, 2.75) is 20.3 Å². The van der Waals surface area contributed by atoms with E-state index in [0.29, 0.717) is 24.6 Å². The van der Waals surface area contributed by atoms with Crippen LogP contribution < -0.4 is 9.64 Å². The number of nitrogens with zero attached hydrogens (tertiary/aromatic N) is 2. The minimum absolute atomic E-state index is 0.0919. The summed E-state index contributed by atoms with van der Waals surface area (Å²) in [6, 6.07) is 3.62. The molecule has 1 unspecified atom stereocenters. The highest BCUT2D eigenvalue weighted by atomic mass is 32.2. The van der Waals surface area contributed by atoms with Crippen molar-refractivity contribution >= 4 is 28.5 Å². The van der Waals surface area contributed by atoms with Crippen LogP contribution in [-0.2, 0) is 9.59 Å². The zero-order valence-corrected chi connectivity index (χ0v) is 12.7. The predicted molar refractivity (Wildman–Crippen MR) is 79.1 cm³/mol. The van der Waals surface area contributed by atoms with E-state index in [1.807, 2.05) is 13.0 Å². The number of methoxy groups -OCH3 is 1. The average Bonchev–Trinajstić information content (AvgIpc) is 2.77. The van der Waals surface area contributed by atoms with Crippen molar-refractivity contribution < 1.29 is 14.3 Å². The number of anilines is 1. The Kier molecular flexibility index (Phi) is 4.65. The molecular formula is C14H18N2O3S. The number of pyridine rings is 1. The summed E-state index contributed by atoms with van der Waals surface area (Å²) >= 11 is 1.28. The van der Waals surface area contributed by atoms with Gasteiger partial charge < -0.3 is 9.64 Å². The van der Waals surface area contributed by atoms with Gasteiger partial charge >= 0.3 is 0 Å². The van der Waals surface area contributed by atoms with Crippen LogP contribution in [0.3, 0.4) is 0 Å². The molecule has 1 saturated heterocycles. The molecule has 0 bridgehead atoms. The van der Waals surface area contributed by atoms with E-state index in [1.165, 1.54) is 11.8 Å². The first-order chi connectivity index (χ1) is 9.51. The molecular weight excluding hydrogens is 276 g/mol. The maximum absolute atomic E-state index is 12.1. The predicted octanol–water partition coefficient (Wildman–Crippen LogP) is 2.03. The van der Waals surface area contributed by atoms with Crippen molar-refractivity contribution in [2.24, 2.45) is 5.92 Å². The molecule has 1 aliphatic rings. The second kappa shape index (κ2) is 6.26. The fraction of sp³-hybridized carbons (Fsp3) is 0.500. The van der Waals surface area contributed by atoms with Gasteiger partial charge in [-0.3, -0.25) is 9.59 Å². The molecule has 1 aliphatic heterocycles. The van der Waals surface area contributed by atoms with Gasteiger partial charge in [-0.1, -0.05) is 11.8 Å². The molecule has 0 aliphatic carbocycles. The summed E-state index contributed by atoms with van der Waals surface area (Å²) in [6.45, 7) is 4.06. The zero-order valence-electron chi connectivity index (χ0n) is 11.9. The molecule has 20 heavy (non-hydrogen) atoms. The van der Waals surface area contributed by atoms with Crippen molar-refractivity contribution in [1.82, 2.24) is 4.98 Å². The number of rotatable bonds is 4. The Morgan fingerprint density at radius 2 is 2.30 bits per heavy atom. The van der Waals surface area contributed by atoms with Crippen LogP contribution in [0.5, 0.6) is 5.88 Å². The lowest BCUT2D eigenvalue weighted by atomic mass is 10.1. The van der Waals surface area contributed by atoms with Crippen molar-refractivity contribution in [3.05, 3.63) is 17.8 Å². The molecule has 2 heterocycles. The number of thioether (sulfide) groups is 1. The van der Waals surface area contributed by atoms with Gasteiger partial charge in [0.05, 0.1) is 18.5 Å². The third kappa shape index (κ3) is 3.30. The minimum Gasteiger partial charge on any atom is -0.481 e. The lowest BCUT2D eigenvalue weighted by Crippen LogP contribution is -2.25. The van der Waals surface area contributed by atoms with Crippen molar-refractivity contribution in [2.75, 3.05) is 24.3 Å². The number of carbonyl (C=O) groups excluding carboxylic acids is 2. The van der Waals surface area contributed by atoms with Gasteiger partial charge in [-0.25, -0.2) is 4.98 Å². The summed E-state index contributed by atoms with van der Waals surface area (Å²) in [5.74, 6) is 1.55. The first kappa shape index (κ1) is 14.8. The van der Waals surface area contributed by atoms with Crippen LogP contribution >= 0.6 is 11.8 Å². The summed E-state index contributed by atoms with van der Waals surface area (Å²) in [6.07, 6.45) is 0.492. The number of hydrogen-bond donors (Lipinski definition) is 0. The van der Waals surface area contributed by atoms with E-state index in [9.17, 15) is 9.59 Å². The van der Waals surface area contributed by atoms with Crippen LogP contribution in [0.4, 0.5) is 5.69 Å². The molecule has 1 amide bonds. The summed E-state index contributed by atoms with van der Waals surface area (Å²) in [4.78, 5) is 29.2. The molecule has 0 spiro atoms. The molecule has 5 nitrogen and oxygen atoms in total. The quantitative estimate of drug-likeness (QED) is 0.850. The van der Waals surface area contributed by atoms with E-state index in [1.54, 1.807) is 25.0 Å². The Morgan fingerprint density at radius 1 is 1.55 bits per heavy atom. The van der Waals surface area contributed by atoms with Crippen LogP contribution in [0.2, 0.25) is 0 Å². The first-order valence-electron chi connectivity index (χ1n) is 6.46. The molecule has 1 atom stereocenters. The summed E-state index contributed by atoms with van der Waals surface area (Å²) in [5.41, 5.74) is 1.60. The number of aromatic nitrogens is 1. The lowest BCUT2D eigenvalue weighted by Gasteiger charge is -2.18. The van der Waals surface area contributed by atoms with Gasteiger partial charge in [-0.05, 0) is 18.9 Å². The van der Waals surface area contributed by atoms with E-state index in [2.05, 4.69) is 4.98 Å². The molecule has 0 N–H and O–H groups in total. The smallest absolute Gasteiger partial charge is 0.227 e. The average molecular weight is 294 g/mol. The molecule has 1 aromatic heterocycles. The van der Waals surface area contributed by atoms with E-state index in [0.717, 1.165) is 11.4 Å². The Morgan fingerprint density at radius 3 is 2.90 bits per heavy atom. The standard InChI is InChI=1S/C14H18N2O3S/c1-9-12(4-5-13(15-9)19-3)16-7-11(6-14(16)18)8-20-10(2)17/h4-5,11H,6-8H2,1-3H3. The third-order valence-corrected chi connectivity index (χ3v) is 4.30. The van der Waals surface area contributed by atoms with Crippen molar-refractivity contribution in [1.29, 1.82) is 0 Å². The molecule has 108 valence electrons. The summed E-state index contributed by atoms with van der Waals surface area (Å²) in [5, 5.41) is 0.0955. The molecule has 6 heteroatoms. The Labute approximate surface area is 122 Å². The summed E-state index contributed by atoms with van der Waals surface area (Å²) < 4.78 is 5.07. The highest BCUT2D eigenvalue weighted by molar-refractivity contribution is 8.13. The fourth-order valence-electron chi connectivity index (χ4n) is 2.29. The van der Waals surface area contributed by atoms with Gasteiger partial charge in [-0.15, -0.1) is 0 Å². The second-order valence-corrected chi connectivity index (χ2v) is 6.03. The summed E-state index contributed by atoms with van der Waals surface area (Å²) in [7, 11) is 1.57. The number of aryl methyl sites for hydroxylation is 1. The van der Waals surface area contributed by atoms with Gasteiger partial charge in [-0.2, -0.15) is 0 Å². The molecule has 2 rings (SSSR count). The molecule has 1 aromatic rings. The number of ether oxygens (including phenoxy) is 1. The lowest BCUT2D eigenvalue weighted by molar-refractivity contribution is -0.117. The van der Waals surface area contributed by atoms with Crippen molar-refractivity contribution in [3.8, 4) is 5.88 Å². The van der Waals surface area contributed by atoms with Gasteiger partial charge in [0.25, 0.3) is 0 Å². The van der Waals surface area contributed by atoms with Gasteiger partial charge in [0.2, 0.25) is 11.8 Å². The van der Waals surface area contributed by atoms with Gasteiger partial charge in [0, 0.05) is 31.7 Å². The maximum Gasteiger partial charge on any atom is 0.227 e. The van der Waals surface area contributed by atoms with Gasteiger partial charge in [0.15, 0.2) is 5.12 Å². The molecule has 0 saturated carbocycles. The number of hydrogen-bond acceptors (Lipinski definition) is 5. The fourth-order valence-corrected chi connectivity index (χ4v) is 2.98. The normalized spacial score (nSPS) is 18.4. The van der Waals surface area contributed by atoms with E-state index >= 15 is 0 Å². The van der Waals surface area contributed by atoms with E-state index < -0.39 is 0 Å². The highest BCUT2D eigenvalue weighted by Crippen LogP contribution is 2.29. The maximum atomic E-state index is 12.1. The number of carbonyl (C=O) groups is 2. The van der Waals surface area contributed by atoms with Gasteiger partial charge in [0.1, 0.15) is 0 Å². The Balaban J connectivity index is 2.09. The Hall–Kier alpha value is -1.56. The largest absolute Gasteiger partial charge is 0.481 e. The van der Waals surface area contributed by atoms with Crippen LogP contribution in [0.1, 0.15) is 19.0 Å². The SMILES string of the molecule is COc1ccc(N2CC(CSC(C)=O)CC2=O)c(C)n1. The van der Waals surface area contributed by atoms with Crippen LogP contribution in [0, 0.1) is 12.8 Å². The highest BCUT2D eigenvalue weighted by Gasteiger charge is 2.31. The molecule has 1 fully saturated rings. The molecule has 0 radical (unpaired) electrons. The van der Waals surface area contributed by atoms with Crippen molar-refractivity contribution in [3.63, 3.8) is 0 Å². The van der Waals surface area contributed by atoms with Crippen LogP contribution in [0.15, 0.2) is 12.1 Å².